The number of hydrogen-bond acceptors (Lipinski definition) is 9. The van der Waals surface area contributed by atoms with Gasteiger partial charge in [-0.2, -0.15) is 0 Å². The van der Waals surface area contributed by atoms with E-state index in [1.54, 1.807) is 39.0 Å². The molecule has 0 amide bonds. The number of allylic oxidation sites excluding steroid dienone is 2. The van der Waals surface area contributed by atoms with Crippen LogP contribution in [0.1, 0.15) is 42.6 Å². The van der Waals surface area contributed by atoms with Gasteiger partial charge in [0, 0.05) is 5.70 Å². The van der Waals surface area contributed by atoms with Crippen LogP contribution in [0.15, 0.2) is 52.0 Å². The highest BCUT2D eigenvalue weighted by Gasteiger charge is 2.40. The van der Waals surface area contributed by atoms with Gasteiger partial charge in [-0.15, -0.1) is 0 Å². The van der Waals surface area contributed by atoms with Crippen molar-refractivity contribution in [2.24, 2.45) is 5.16 Å². The van der Waals surface area contributed by atoms with Crippen molar-refractivity contribution in [3.63, 3.8) is 0 Å². The van der Waals surface area contributed by atoms with Crippen LogP contribution in [-0.2, 0) is 23.8 Å². The standard InChI is InChI=1S/C21H24N2O7/c1-5-29-20(25)16-12(3)23-15(11-22-27)18(21(26)30-6-2)17(16)13-9-7-8-10-14(13)19(24)28-4/h7-11,17,23,27H,5-6H2,1-4H3/b22-11-. The van der Waals surface area contributed by atoms with Crippen LogP contribution in [0.5, 0.6) is 0 Å². The van der Waals surface area contributed by atoms with Gasteiger partial charge in [-0.25, -0.2) is 14.4 Å². The Kier molecular flexibility index (Phi) is 7.74. The van der Waals surface area contributed by atoms with Crippen LogP contribution in [0.2, 0.25) is 0 Å². The zero-order chi connectivity index (χ0) is 22.3. The number of nitrogens with one attached hydrogen (secondary N) is 1. The van der Waals surface area contributed by atoms with Gasteiger partial charge in [0.15, 0.2) is 0 Å². The van der Waals surface area contributed by atoms with E-state index in [9.17, 15) is 14.4 Å². The van der Waals surface area contributed by atoms with Crippen LogP contribution in [-0.4, -0.2) is 49.7 Å². The van der Waals surface area contributed by atoms with Gasteiger partial charge in [0.25, 0.3) is 0 Å². The van der Waals surface area contributed by atoms with Crippen molar-refractivity contribution in [2.45, 2.75) is 26.7 Å². The number of benzene rings is 1. The summed E-state index contributed by atoms with van der Waals surface area (Å²) in [5, 5.41) is 15.0. The number of methoxy groups -OCH3 is 1. The molecule has 1 heterocycles. The van der Waals surface area contributed by atoms with Crippen molar-refractivity contribution >= 4 is 24.1 Å². The summed E-state index contributed by atoms with van der Waals surface area (Å²) >= 11 is 0. The van der Waals surface area contributed by atoms with Gasteiger partial charge >= 0.3 is 17.9 Å². The molecular weight excluding hydrogens is 392 g/mol. The minimum absolute atomic E-state index is 0.000318. The molecule has 9 heteroatoms. The normalized spacial score (nSPS) is 16.3. The Morgan fingerprint density at radius 3 is 2.23 bits per heavy atom. The molecule has 0 saturated carbocycles. The molecule has 1 aromatic carbocycles. The molecule has 0 saturated heterocycles. The van der Waals surface area contributed by atoms with Crippen molar-refractivity contribution in [1.29, 1.82) is 0 Å². The predicted molar refractivity (Wildman–Crippen MR) is 107 cm³/mol. The van der Waals surface area contributed by atoms with Crippen LogP contribution < -0.4 is 5.32 Å². The van der Waals surface area contributed by atoms with E-state index in [0.717, 1.165) is 6.21 Å². The fraction of sp³-hybridized carbons (Fsp3) is 0.333. The molecule has 2 N–H and O–H groups in total. The highest BCUT2D eigenvalue weighted by Crippen LogP contribution is 2.40. The molecule has 1 atom stereocenters. The van der Waals surface area contributed by atoms with E-state index in [1.807, 2.05) is 0 Å². The summed E-state index contributed by atoms with van der Waals surface area (Å²) in [4.78, 5) is 38.1. The second-order valence-corrected chi connectivity index (χ2v) is 6.19. The van der Waals surface area contributed by atoms with E-state index in [4.69, 9.17) is 19.4 Å². The van der Waals surface area contributed by atoms with Crippen LogP contribution in [0, 0.1) is 0 Å². The molecule has 1 aromatic rings. The molecular formula is C21H24N2O7. The number of carbonyl (C=O) groups excluding carboxylic acids is 3. The van der Waals surface area contributed by atoms with Gasteiger partial charge in [0.2, 0.25) is 0 Å². The van der Waals surface area contributed by atoms with Gasteiger partial charge < -0.3 is 24.7 Å². The Morgan fingerprint density at radius 2 is 1.67 bits per heavy atom. The number of hydrogen-bond donors (Lipinski definition) is 2. The van der Waals surface area contributed by atoms with Gasteiger partial charge in [-0.1, -0.05) is 23.4 Å². The number of rotatable bonds is 7. The average molecular weight is 416 g/mol. The van der Waals surface area contributed by atoms with Crippen molar-refractivity contribution in [1.82, 2.24) is 5.32 Å². The van der Waals surface area contributed by atoms with Gasteiger partial charge in [-0.3, -0.25) is 0 Å². The molecule has 1 aliphatic heterocycles. The summed E-state index contributed by atoms with van der Waals surface area (Å²) in [7, 11) is 1.24. The second kappa shape index (κ2) is 10.2. The van der Waals surface area contributed by atoms with E-state index in [0.29, 0.717) is 11.3 Å². The summed E-state index contributed by atoms with van der Waals surface area (Å²) in [6, 6.07) is 6.46. The maximum atomic E-state index is 12.9. The molecule has 30 heavy (non-hydrogen) atoms. The lowest BCUT2D eigenvalue weighted by atomic mass is 9.78. The molecule has 0 aliphatic carbocycles. The quantitative estimate of drug-likeness (QED) is 0.228. The van der Waals surface area contributed by atoms with Crippen molar-refractivity contribution in [2.75, 3.05) is 20.3 Å². The maximum Gasteiger partial charge on any atom is 0.338 e. The van der Waals surface area contributed by atoms with Crippen LogP contribution >= 0.6 is 0 Å². The molecule has 0 spiro atoms. The first-order valence-electron chi connectivity index (χ1n) is 9.31. The van der Waals surface area contributed by atoms with Gasteiger partial charge in [-0.05, 0) is 32.4 Å². The third-order valence-corrected chi connectivity index (χ3v) is 4.45. The zero-order valence-corrected chi connectivity index (χ0v) is 17.2. The monoisotopic (exact) mass is 416 g/mol. The predicted octanol–water partition coefficient (Wildman–Crippen LogP) is 2.27. The smallest absolute Gasteiger partial charge is 0.338 e. The number of ether oxygens (including phenoxy) is 3. The average Bonchev–Trinajstić information content (AvgIpc) is 2.73. The number of oxime groups is 1. The van der Waals surface area contributed by atoms with E-state index in [1.165, 1.54) is 13.2 Å². The van der Waals surface area contributed by atoms with E-state index < -0.39 is 23.8 Å². The first-order chi connectivity index (χ1) is 14.4. The Balaban J connectivity index is 2.85. The molecule has 0 fully saturated rings. The Labute approximate surface area is 174 Å². The summed E-state index contributed by atoms with van der Waals surface area (Å²) in [6.07, 6.45) is 1.03. The fourth-order valence-corrected chi connectivity index (χ4v) is 3.28. The first kappa shape index (κ1) is 22.7. The van der Waals surface area contributed by atoms with Crippen molar-refractivity contribution < 1.29 is 33.8 Å². The third-order valence-electron chi connectivity index (χ3n) is 4.45. The lowest BCUT2D eigenvalue weighted by molar-refractivity contribution is -0.139. The lowest BCUT2D eigenvalue weighted by Crippen LogP contribution is -2.34. The third kappa shape index (κ3) is 4.51. The Hall–Kier alpha value is -3.62. The van der Waals surface area contributed by atoms with Crippen LogP contribution in [0.3, 0.4) is 0 Å². The maximum absolute atomic E-state index is 12.9. The second-order valence-electron chi connectivity index (χ2n) is 6.19. The number of carbonyl (C=O) groups is 3. The molecule has 9 nitrogen and oxygen atoms in total. The lowest BCUT2D eigenvalue weighted by Gasteiger charge is -2.31. The topological polar surface area (TPSA) is 124 Å². The number of esters is 3. The number of dihydropyridines is 1. The minimum Gasteiger partial charge on any atom is -0.465 e. The molecule has 2 rings (SSSR count). The first-order valence-corrected chi connectivity index (χ1v) is 9.31. The van der Waals surface area contributed by atoms with E-state index in [2.05, 4.69) is 10.5 Å². The SMILES string of the molecule is CCOC(=O)C1=C(C)NC(/C=N\O)=C(C(=O)OCC)C1c1ccccc1C(=O)OC. The molecule has 1 unspecified atom stereocenters. The fourth-order valence-electron chi connectivity index (χ4n) is 3.28. The van der Waals surface area contributed by atoms with E-state index >= 15 is 0 Å². The van der Waals surface area contributed by atoms with Crippen molar-refractivity contribution in [3.05, 3.63) is 57.9 Å². The molecule has 0 radical (unpaired) electrons. The summed E-state index contributed by atoms with van der Waals surface area (Å²) < 4.78 is 15.3. The van der Waals surface area contributed by atoms with Gasteiger partial charge in [0.05, 0.1) is 54.9 Å². The summed E-state index contributed by atoms with van der Waals surface area (Å²) in [5.74, 6) is -3.05. The number of nitrogens with zero attached hydrogens (tertiary/aromatic N) is 1. The van der Waals surface area contributed by atoms with Crippen LogP contribution in [0.4, 0.5) is 0 Å². The highest BCUT2D eigenvalue weighted by atomic mass is 16.5. The Morgan fingerprint density at radius 1 is 1.07 bits per heavy atom. The minimum atomic E-state index is -1.02. The van der Waals surface area contributed by atoms with E-state index in [-0.39, 0.29) is 35.6 Å². The van der Waals surface area contributed by atoms with Gasteiger partial charge in [0.1, 0.15) is 0 Å². The Bertz CT molecular complexity index is 931. The molecule has 1 aliphatic rings. The zero-order valence-electron chi connectivity index (χ0n) is 17.2. The van der Waals surface area contributed by atoms with Crippen molar-refractivity contribution in [3.8, 4) is 0 Å². The summed E-state index contributed by atoms with van der Waals surface area (Å²) in [6.45, 7) is 5.11. The largest absolute Gasteiger partial charge is 0.465 e. The summed E-state index contributed by atoms with van der Waals surface area (Å²) in [5.41, 5.74) is 1.15. The van der Waals surface area contributed by atoms with Crippen LogP contribution in [0.25, 0.3) is 0 Å². The molecule has 0 bridgehead atoms. The molecule has 160 valence electrons. The molecule has 0 aromatic heterocycles. The highest BCUT2D eigenvalue weighted by molar-refractivity contribution is 6.05.